The summed E-state index contributed by atoms with van der Waals surface area (Å²) in [7, 11) is 0. The van der Waals surface area contributed by atoms with Gasteiger partial charge in [-0.05, 0) is 34.1 Å². The van der Waals surface area contributed by atoms with Crippen LogP contribution >= 0.6 is 15.9 Å². The highest BCUT2D eigenvalue weighted by Crippen LogP contribution is 2.17. The average molecular weight is 332 g/mol. The Labute approximate surface area is 123 Å². The van der Waals surface area contributed by atoms with Crippen molar-refractivity contribution in [2.24, 2.45) is 0 Å². The third-order valence-electron chi connectivity index (χ3n) is 2.84. The second-order valence-electron chi connectivity index (χ2n) is 4.18. The van der Waals surface area contributed by atoms with Crippen LogP contribution < -0.4 is 0 Å². The van der Waals surface area contributed by atoms with Gasteiger partial charge in [0.05, 0.1) is 23.0 Å². The number of carbonyl (C=O) groups excluding carboxylic acids is 1. The lowest BCUT2D eigenvalue weighted by Crippen LogP contribution is -2.06. The molecule has 5 nitrogen and oxygen atoms in total. The lowest BCUT2D eigenvalue weighted by atomic mass is 10.1. The van der Waals surface area contributed by atoms with Crippen molar-refractivity contribution in [1.82, 2.24) is 15.2 Å². The molecule has 2 heterocycles. The number of ether oxygens (including phenoxy) is 1. The summed E-state index contributed by atoms with van der Waals surface area (Å²) in [6.07, 6.45) is 3.33. The molecule has 0 bridgehead atoms. The Balaban J connectivity index is 1.76. The SMILES string of the molecule is O=C(OCc1ccc(Br)cn1)c1cccc2cn[nH]c12. The first-order valence-corrected chi connectivity index (χ1v) is 6.73. The number of pyridine rings is 1. The van der Waals surface area contributed by atoms with E-state index >= 15 is 0 Å². The monoisotopic (exact) mass is 331 g/mol. The van der Waals surface area contributed by atoms with Crippen LogP contribution in [-0.4, -0.2) is 21.2 Å². The largest absolute Gasteiger partial charge is 0.456 e. The number of nitrogens with one attached hydrogen (secondary N) is 1. The molecule has 0 atom stereocenters. The zero-order valence-electron chi connectivity index (χ0n) is 10.3. The Hall–Kier alpha value is -2.21. The number of esters is 1. The van der Waals surface area contributed by atoms with Crippen molar-refractivity contribution in [3.05, 3.63) is 58.5 Å². The highest BCUT2D eigenvalue weighted by molar-refractivity contribution is 9.10. The predicted octanol–water partition coefficient (Wildman–Crippen LogP) is 3.08. The third-order valence-corrected chi connectivity index (χ3v) is 3.31. The van der Waals surface area contributed by atoms with E-state index in [1.807, 2.05) is 12.1 Å². The van der Waals surface area contributed by atoms with Crippen molar-refractivity contribution in [1.29, 1.82) is 0 Å². The minimum Gasteiger partial charge on any atom is -0.456 e. The first-order chi connectivity index (χ1) is 9.74. The second kappa shape index (κ2) is 5.42. The first kappa shape index (κ1) is 12.8. The minimum absolute atomic E-state index is 0.136. The predicted molar refractivity (Wildman–Crippen MR) is 77.2 cm³/mol. The smallest absolute Gasteiger partial charge is 0.340 e. The number of nitrogens with zero attached hydrogens (tertiary/aromatic N) is 2. The fraction of sp³-hybridized carbons (Fsp3) is 0.0714. The molecule has 3 aromatic rings. The van der Waals surface area contributed by atoms with E-state index in [-0.39, 0.29) is 6.61 Å². The molecule has 0 unspecified atom stereocenters. The van der Waals surface area contributed by atoms with Crippen LogP contribution in [0.2, 0.25) is 0 Å². The summed E-state index contributed by atoms with van der Waals surface area (Å²) in [6, 6.07) is 9.04. The van der Waals surface area contributed by atoms with Gasteiger partial charge < -0.3 is 4.74 Å². The number of halogens is 1. The highest BCUT2D eigenvalue weighted by atomic mass is 79.9. The quantitative estimate of drug-likeness (QED) is 0.749. The van der Waals surface area contributed by atoms with Crippen molar-refractivity contribution < 1.29 is 9.53 Å². The maximum Gasteiger partial charge on any atom is 0.340 e. The zero-order chi connectivity index (χ0) is 13.9. The van der Waals surface area contributed by atoms with Gasteiger partial charge in [0.1, 0.15) is 6.61 Å². The average Bonchev–Trinajstić information content (AvgIpc) is 2.94. The second-order valence-corrected chi connectivity index (χ2v) is 5.10. The van der Waals surface area contributed by atoms with Gasteiger partial charge in [-0.3, -0.25) is 10.1 Å². The summed E-state index contributed by atoms with van der Waals surface area (Å²) in [5.41, 5.74) is 1.84. The fourth-order valence-electron chi connectivity index (χ4n) is 1.85. The summed E-state index contributed by atoms with van der Waals surface area (Å²) in [5, 5.41) is 7.60. The van der Waals surface area contributed by atoms with Crippen LogP contribution in [-0.2, 0) is 11.3 Å². The molecule has 20 heavy (non-hydrogen) atoms. The van der Waals surface area contributed by atoms with Crippen molar-refractivity contribution in [2.45, 2.75) is 6.61 Å². The number of H-pyrrole nitrogens is 1. The van der Waals surface area contributed by atoms with Gasteiger partial charge in [0.15, 0.2) is 0 Å². The third kappa shape index (κ3) is 2.55. The van der Waals surface area contributed by atoms with Gasteiger partial charge in [-0.15, -0.1) is 0 Å². The van der Waals surface area contributed by atoms with E-state index in [9.17, 15) is 4.79 Å². The van der Waals surface area contributed by atoms with Crippen LogP contribution in [0.5, 0.6) is 0 Å². The molecule has 0 radical (unpaired) electrons. The normalized spacial score (nSPS) is 10.7. The van der Waals surface area contributed by atoms with Gasteiger partial charge in [-0.1, -0.05) is 12.1 Å². The van der Waals surface area contributed by atoms with Crippen LogP contribution in [0.25, 0.3) is 10.9 Å². The van der Waals surface area contributed by atoms with Gasteiger partial charge >= 0.3 is 5.97 Å². The summed E-state index contributed by atoms with van der Waals surface area (Å²) in [5.74, 6) is -0.399. The van der Waals surface area contributed by atoms with Gasteiger partial charge in [-0.2, -0.15) is 5.10 Å². The molecule has 1 aromatic carbocycles. The molecule has 100 valence electrons. The van der Waals surface area contributed by atoms with Gasteiger partial charge in [0, 0.05) is 16.1 Å². The Bertz CT molecular complexity index is 752. The van der Waals surface area contributed by atoms with E-state index in [1.165, 1.54) is 0 Å². The molecule has 0 saturated heterocycles. The fourth-order valence-corrected chi connectivity index (χ4v) is 2.08. The number of hydrogen-bond donors (Lipinski definition) is 1. The number of carbonyl (C=O) groups is 1. The molecule has 0 aliphatic heterocycles. The summed E-state index contributed by atoms with van der Waals surface area (Å²) < 4.78 is 6.15. The lowest BCUT2D eigenvalue weighted by Gasteiger charge is -2.05. The van der Waals surface area contributed by atoms with E-state index in [2.05, 4.69) is 31.1 Å². The molecule has 2 aromatic heterocycles. The molecule has 0 amide bonds. The number of hydrogen-bond acceptors (Lipinski definition) is 4. The molecule has 1 N–H and O–H groups in total. The topological polar surface area (TPSA) is 67.9 Å². The molecular formula is C14H10BrN3O2. The van der Waals surface area contributed by atoms with Crippen LogP contribution in [0.15, 0.2) is 47.2 Å². The van der Waals surface area contributed by atoms with Crippen molar-refractivity contribution in [3.8, 4) is 0 Å². The number of para-hydroxylation sites is 1. The van der Waals surface area contributed by atoms with Crippen LogP contribution in [0.4, 0.5) is 0 Å². The number of rotatable bonds is 3. The van der Waals surface area contributed by atoms with Gasteiger partial charge in [-0.25, -0.2) is 4.79 Å². The number of aromatic amines is 1. The van der Waals surface area contributed by atoms with Crippen LogP contribution in [0.3, 0.4) is 0 Å². The van der Waals surface area contributed by atoms with Crippen molar-refractivity contribution in [3.63, 3.8) is 0 Å². The van der Waals surface area contributed by atoms with Gasteiger partial charge in [0.25, 0.3) is 0 Å². The summed E-state index contributed by atoms with van der Waals surface area (Å²) >= 11 is 3.30. The summed E-state index contributed by atoms with van der Waals surface area (Å²) in [6.45, 7) is 0.136. The molecule has 0 fully saturated rings. The zero-order valence-corrected chi connectivity index (χ0v) is 11.9. The standard InChI is InChI=1S/C14H10BrN3O2/c15-10-4-5-11(16-7-10)8-20-14(19)12-3-1-2-9-6-17-18-13(9)12/h1-7H,8H2,(H,17,18). The Morgan fingerprint density at radius 2 is 2.15 bits per heavy atom. The lowest BCUT2D eigenvalue weighted by molar-refractivity contribution is 0.0470. The van der Waals surface area contributed by atoms with E-state index < -0.39 is 5.97 Å². The molecule has 0 aliphatic rings. The summed E-state index contributed by atoms with van der Waals surface area (Å²) in [4.78, 5) is 16.2. The maximum atomic E-state index is 12.1. The molecule has 0 aliphatic carbocycles. The molecule has 0 spiro atoms. The number of aromatic nitrogens is 3. The first-order valence-electron chi connectivity index (χ1n) is 5.94. The van der Waals surface area contributed by atoms with E-state index in [4.69, 9.17) is 4.74 Å². The van der Waals surface area contributed by atoms with Crippen LogP contribution in [0, 0.1) is 0 Å². The molecule has 0 saturated carbocycles. The maximum absolute atomic E-state index is 12.1. The Kier molecular flexibility index (Phi) is 3.47. The molecular weight excluding hydrogens is 322 g/mol. The molecule has 3 rings (SSSR count). The highest BCUT2D eigenvalue weighted by Gasteiger charge is 2.12. The van der Waals surface area contributed by atoms with Crippen molar-refractivity contribution in [2.75, 3.05) is 0 Å². The minimum atomic E-state index is -0.399. The number of fused-ring (bicyclic) bond motifs is 1. The van der Waals surface area contributed by atoms with E-state index in [1.54, 1.807) is 30.6 Å². The Morgan fingerprint density at radius 1 is 1.25 bits per heavy atom. The molecule has 6 heteroatoms. The van der Waals surface area contributed by atoms with Gasteiger partial charge in [0.2, 0.25) is 0 Å². The number of benzene rings is 1. The van der Waals surface area contributed by atoms with Crippen molar-refractivity contribution >= 4 is 32.8 Å². The van der Waals surface area contributed by atoms with E-state index in [0.29, 0.717) is 16.8 Å². The van der Waals surface area contributed by atoms with Crippen LogP contribution in [0.1, 0.15) is 16.1 Å². The Morgan fingerprint density at radius 3 is 2.95 bits per heavy atom. The van der Waals surface area contributed by atoms with E-state index in [0.717, 1.165) is 9.86 Å².